The molecule has 9 nitrogen and oxygen atoms in total. The molecular weight excluding hydrogens is 441 g/mol. The molecule has 12 heteroatoms. The predicted octanol–water partition coefficient (Wildman–Crippen LogP) is 3.51. The lowest BCUT2D eigenvalue weighted by atomic mass is 10.2. The van der Waals surface area contributed by atoms with Gasteiger partial charge in [0, 0.05) is 24.6 Å². The molecule has 3 N–H and O–H groups in total. The number of hydrogen-bond donors (Lipinski definition) is 2. The lowest BCUT2D eigenvalue weighted by Crippen LogP contribution is -2.21. The topological polar surface area (TPSA) is 117 Å². The average Bonchev–Trinajstić information content (AvgIpc) is 3.55. The van der Waals surface area contributed by atoms with Crippen LogP contribution in [0.25, 0.3) is 10.9 Å². The van der Waals surface area contributed by atoms with Crippen LogP contribution in [0.4, 0.5) is 24.8 Å². The van der Waals surface area contributed by atoms with E-state index in [1.165, 1.54) is 7.11 Å². The second kappa shape index (κ2) is 8.50. The zero-order chi connectivity index (χ0) is 23.8. The molecule has 1 fully saturated rings. The van der Waals surface area contributed by atoms with Crippen LogP contribution < -0.4 is 20.5 Å². The number of nitrogens with two attached hydrogens (primary N) is 1. The number of ether oxygens (including phenoxy) is 3. The second-order valence-corrected chi connectivity index (χ2v) is 7.76. The molecule has 0 spiro atoms. The van der Waals surface area contributed by atoms with Gasteiger partial charge in [0.25, 0.3) is 0 Å². The van der Waals surface area contributed by atoms with Gasteiger partial charge in [0.2, 0.25) is 0 Å². The Balaban J connectivity index is 1.64. The van der Waals surface area contributed by atoms with Gasteiger partial charge in [-0.2, -0.15) is 13.2 Å². The number of rotatable bonds is 8. The number of benzene rings is 1. The summed E-state index contributed by atoms with van der Waals surface area (Å²) in [4.78, 5) is 16.3. The SMILES string of the molecule is COc1cc2nc(C)nc(NCc3nc(N)cc(C(F)(F)F)n3)c2cc1OCC1(OC)CC1. The Labute approximate surface area is 187 Å². The van der Waals surface area contributed by atoms with Crippen molar-refractivity contribution < 1.29 is 27.4 Å². The highest BCUT2D eigenvalue weighted by Gasteiger charge is 2.44. The predicted molar refractivity (Wildman–Crippen MR) is 114 cm³/mol. The summed E-state index contributed by atoms with van der Waals surface area (Å²) >= 11 is 0. The maximum absolute atomic E-state index is 13.1. The number of nitrogen functional groups attached to an aromatic ring is 1. The number of nitrogens with zero attached hydrogens (tertiary/aromatic N) is 4. The first-order valence-corrected chi connectivity index (χ1v) is 10.1. The van der Waals surface area contributed by atoms with Crippen molar-refractivity contribution in [2.24, 2.45) is 0 Å². The van der Waals surface area contributed by atoms with Crippen molar-refractivity contribution in [2.45, 2.75) is 38.1 Å². The molecule has 176 valence electrons. The normalized spacial score (nSPS) is 14.8. The van der Waals surface area contributed by atoms with E-state index in [0.29, 0.717) is 46.7 Å². The molecule has 0 unspecified atom stereocenters. The van der Waals surface area contributed by atoms with E-state index in [-0.39, 0.29) is 23.8 Å². The molecular formula is C21H23F3N6O3. The van der Waals surface area contributed by atoms with Crippen molar-refractivity contribution >= 4 is 22.5 Å². The highest BCUT2D eigenvalue weighted by molar-refractivity contribution is 5.91. The van der Waals surface area contributed by atoms with Crippen LogP contribution in [0.3, 0.4) is 0 Å². The van der Waals surface area contributed by atoms with Crippen LogP contribution in [-0.2, 0) is 17.5 Å². The Kier molecular flexibility index (Phi) is 5.87. The van der Waals surface area contributed by atoms with Gasteiger partial charge in [-0.3, -0.25) is 0 Å². The van der Waals surface area contributed by atoms with Crippen LogP contribution in [0.5, 0.6) is 11.5 Å². The zero-order valence-electron chi connectivity index (χ0n) is 18.3. The fraction of sp³-hybridized carbons (Fsp3) is 0.429. The van der Waals surface area contributed by atoms with Gasteiger partial charge in [-0.15, -0.1) is 0 Å². The standard InChI is InChI=1S/C21H23F3N6O3/c1-11-27-13-7-14(31-2)15(33-10-20(32-3)4-5-20)6-12(13)19(28-11)26-9-18-29-16(21(22,23)24)8-17(25)30-18/h6-8H,4-5,9-10H2,1-3H3,(H2,25,29,30)(H,26,27,28). The summed E-state index contributed by atoms with van der Waals surface area (Å²) in [6.07, 6.45) is -2.81. The molecule has 1 aromatic carbocycles. The summed E-state index contributed by atoms with van der Waals surface area (Å²) in [6, 6.07) is 4.13. The molecule has 0 saturated heterocycles. The van der Waals surface area contributed by atoms with Gasteiger partial charge in [-0.25, -0.2) is 19.9 Å². The Hall–Kier alpha value is -3.41. The summed E-state index contributed by atoms with van der Waals surface area (Å²) in [5.74, 6) is 1.42. The number of halogens is 3. The number of alkyl halides is 3. The molecule has 0 radical (unpaired) electrons. The number of aromatic nitrogens is 4. The molecule has 1 aliphatic carbocycles. The summed E-state index contributed by atoms with van der Waals surface area (Å²) in [5, 5.41) is 3.59. The van der Waals surface area contributed by atoms with E-state index in [2.05, 4.69) is 25.3 Å². The first kappa shape index (κ1) is 22.8. The monoisotopic (exact) mass is 464 g/mol. The summed E-state index contributed by atoms with van der Waals surface area (Å²) in [7, 11) is 3.18. The highest BCUT2D eigenvalue weighted by atomic mass is 19.4. The second-order valence-electron chi connectivity index (χ2n) is 7.76. The lowest BCUT2D eigenvalue weighted by Gasteiger charge is -2.18. The quantitative estimate of drug-likeness (QED) is 0.516. The van der Waals surface area contributed by atoms with Crippen molar-refractivity contribution in [3.05, 3.63) is 35.5 Å². The summed E-state index contributed by atoms with van der Waals surface area (Å²) < 4.78 is 56.1. The van der Waals surface area contributed by atoms with Crippen molar-refractivity contribution in [1.29, 1.82) is 0 Å². The Morgan fingerprint density at radius 1 is 1.06 bits per heavy atom. The van der Waals surface area contributed by atoms with Crippen LogP contribution in [0.1, 0.15) is 30.2 Å². The number of nitrogens with one attached hydrogen (secondary N) is 1. The number of hydrogen-bond acceptors (Lipinski definition) is 9. The molecule has 1 saturated carbocycles. The summed E-state index contributed by atoms with van der Waals surface area (Å²) in [6.45, 7) is 1.93. The highest BCUT2D eigenvalue weighted by Crippen LogP contribution is 2.41. The van der Waals surface area contributed by atoms with Gasteiger partial charge in [-0.1, -0.05) is 0 Å². The summed E-state index contributed by atoms with van der Waals surface area (Å²) in [5.41, 5.74) is 4.71. The fourth-order valence-electron chi connectivity index (χ4n) is 3.32. The van der Waals surface area contributed by atoms with Crippen LogP contribution in [0.15, 0.2) is 18.2 Å². The lowest BCUT2D eigenvalue weighted by molar-refractivity contribution is -0.141. The van der Waals surface area contributed by atoms with Crippen molar-refractivity contribution in [2.75, 3.05) is 31.9 Å². The van der Waals surface area contributed by atoms with E-state index < -0.39 is 11.9 Å². The number of anilines is 2. The molecule has 33 heavy (non-hydrogen) atoms. The third-order valence-corrected chi connectivity index (χ3v) is 5.32. The molecule has 2 heterocycles. The molecule has 1 aliphatic rings. The van der Waals surface area contributed by atoms with E-state index in [4.69, 9.17) is 19.9 Å². The van der Waals surface area contributed by atoms with E-state index in [1.54, 1.807) is 26.2 Å². The maximum Gasteiger partial charge on any atom is 0.433 e. The fourth-order valence-corrected chi connectivity index (χ4v) is 3.32. The third kappa shape index (κ3) is 5.00. The Bertz CT molecular complexity index is 1180. The molecule has 3 aromatic rings. The molecule has 4 rings (SSSR count). The third-order valence-electron chi connectivity index (χ3n) is 5.32. The smallest absolute Gasteiger partial charge is 0.433 e. The van der Waals surface area contributed by atoms with Crippen molar-refractivity contribution in [3.8, 4) is 11.5 Å². The van der Waals surface area contributed by atoms with E-state index in [0.717, 1.165) is 12.8 Å². The van der Waals surface area contributed by atoms with E-state index in [1.807, 2.05) is 0 Å². The molecule has 0 amide bonds. The van der Waals surface area contributed by atoms with Gasteiger partial charge in [-0.05, 0) is 25.8 Å². The molecule has 0 aliphatic heterocycles. The minimum absolute atomic E-state index is 0.118. The van der Waals surface area contributed by atoms with Crippen LogP contribution in [0, 0.1) is 6.92 Å². The van der Waals surface area contributed by atoms with Gasteiger partial charge in [0.05, 0.1) is 19.2 Å². The zero-order valence-corrected chi connectivity index (χ0v) is 18.3. The molecule has 0 bridgehead atoms. The van der Waals surface area contributed by atoms with Crippen molar-refractivity contribution in [3.63, 3.8) is 0 Å². The molecule has 0 atom stereocenters. The van der Waals surface area contributed by atoms with Crippen molar-refractivity contribution in [1.82, 2.24) is 19.9 Å². The number of aryl methyl sites for hydroxylation is 1. The first-order chi connectivity index (χ1) is 15.6. The van der Waals surface area contributed by atoms with Gasteiger partial charge < -0.3 is 25.3 Å². The Morgan fingerprint density at radius 2 is 1.82 bits per heavy atom. The molecule has 2 aromatic heterocycles. The van der Waals surface area contributed by atoms with Gasteiger partial charge in [0.1, 0.15) is 41.2 Å². The largest absolute Gasteiger partial charge is 0.493 e. The number of fused-ring (bicyclic) bond motifs is 1. The van der Waals surface area contributed by atoms with Crippen LogP contribution >= 0.6 is 0 Å². The van der Waals surface area contributed by atoms with E-state index >= 15 is 0 Å². The van der Waals surface area contributed by atoms with Crippen LogP contribution in [-0.4, -0.2) is 46.4 Å². The minimum atomic E-state index is -4.63. The number of methoxy groups -OCH3 is 2. The first-order valence-electron chi connectivity index (χ1n) is 10.1. The Morgan fingerprint density at radius 3 is 2.45 bits per heavy atom. The minimum Gasteiger partial charge on any atom is -0.493 e. The maximum atomic E-state index is 13.1. The van der Waals surface area contributed by atoms with Crippen LogP contribution in [0.2, 0.25) is 0 Å². The van der Waals surface area contributed by atoms with E-state index in [9.17, 15) is 13.2 Å². The van der Waals surface area contributed by atoms with Gasteiger partial charge >= 0.3 is 6.18 Å². The average molecular weight is 464 g/mol. The van der Waals surface area contributed by atoms with Gasteiger partial charge in [0.15, 0.2) is 11.5 Å².